The van der Waals surface area contributed by atoms with E-state index in [4.69, 9.17) is 15.2 Å². The van der Waals surface area contributed by atoms with Crippen molar-refractivity contribution in [1.82, 2.24) is 0 Å². The second-order valence-corrected chi connectivity index (χ2v) is 4.46. The number of nitrogens with two attached hydrogens (primary N) is 1. The quantitative estimate of drug-likeness (QED) is 0.893. The van der Waals surface area contributed by atoms with Crippen LogP contribution in [0, 0.1) is 0 Å². The molecule has 1 atom stereocenters. The molecular formula is C16H19NO2. The SMILES string of the molecule is COc1ccc(COc2ccccc2[C@H](C)N)cc1. The monoisotopic (exact) mass is 257 g/mol. The Morgan fingerprint density at radius 3 is 2.37 bits per heavy atom. The van der Waals surface area contributed by atoms with Crippen LogP contribution in [0.15, 0.2) is 48.5 Å². The van der Waals surface area contributed by atoms with Gasteiger partial charge in [-0.05, 0) is 30.7 Å². The highest BCUT2D eigenvalue weighted by molar-refractivity contribution is 5.36. The first kappa shape index (κ1) is 13.4. The van der Waals surface area contributed by atoms with E-state index in [9.17, 15) is 0 Å². The van der Waals surface area contributed by atoms with Gasteiger partial charge in [-0.2, -0.15) is 0 Å². The van der Waals surface area contributed by atoms with Gasteiger partial charge in [0.1, 0.15) is 18.1 Å². The van der Waals surface area contributed by atoms with E-state index in [1.165, 1.54) is 0 Å². The molecule has 3 heteroatoms. The van der Waals surface area contributed by atoms with Crippen LogP contribution in [0.5, 0.6) is 11.5 Å². The molecule has 2 rings (SSSR count). The molecule has 0 heterocycles. The van der Waals surface area contributed by atoms with Gasteiger partial charge in [-0.15, -0.1) is 0 Å². The molecule has 0 aliphatic heterocycles. The molecule has 0 saturated carbocycles. The van der Waals surface area contributed by atoms with Crippen molar-refractivity contribution in [3.63, 3.8) is 0 Å². The maximum atomic E-state index is 5.92. The molecule has 0 spiro atoms. The maximum absolute atomic E-state index is 5.92. The molecule has 0 aromatic heterocycles. The molecule has 19 heavy (non-hydrogen) atoms. The lowest BCUT2D eigenvalue weighted by molar-refractivity contribution is 0.301. The predicted octanol–water partition coefficient (Wildman–Crippen LogP) is 3.29. The lowest BCUT2D eigenvalue weighted by atomic mass is 10.1. The van der Waals surface area contributed by atoms with Gasteiger partial charge in [-0.3, -0.25) is 0 Å². The van der Waals surface area contributed by atoms with Gasteiger partial charge in [-0.25, -0.2) is 0 Å². The van der Waals surface area contributed by atoms with Crippen LogP contribution >= 0.6 is 0 Å². The van der Waals surface area contributed by atoms with Crippen LogP contribution in [-0.4, -0.2) is 7.11 Å². The highest BCUT2D eigenvalue weighted by atomic mass is 16.5. The van der Waals surface area contributed by atoms with E-state index >= 15 is 0 Å². The Morgan fingerprint density at radius 2 is 1.74 bits per heavy atom. The standard InChI is InChI=1S/C16H19NO2/c1-12(17)15-5-3-4-6-16(15)19-11-13-7-9-14(18-2)10-8-13/h3-10,12H,11,17H2,1-2H3/t12-/m0/s1. The van der Waals surface area contributed by atoms with Crippen LogP contribution in [0.1, 0.15) is 24.1 Å². The first-order chi connectivity index (χ1) is 9.20. The molecular weight excluding hydrogens is 238 g/mol. The minimum Gasteiger partial charge on any atom is -0.497 e. The summed E-state index contributed by atoms with van der Waals surface area (Å²) in [5.41, 5.74) is 8.05. The zero-order valence-corrected chi connectivity index (χ0v) is 11.3. The summed E-state index contributed by atoms with van der Waals surface area (Å²) in [6, 6.07) is 15.7. The van der Waals surface area contributed by atoms with E-state index in [0.29, 0.717) is 6.61 Å². The number of hydrogen-bond donors (Lipinski definition) is 1. The molecule has 2 aromatic carbocycles. The molecule has 0 amide bonds. The normalized spacial score (nSPS) is 11.9. The first-order valence-electron chi connectivity index (χ1n) is 6.31. The van der Waals surface area contributed by atoms with Crippen LogP contribution in [0.4, 0.5) is 0 Å². The molecule has 2 aromatic rings. The lowest BCUT2D eigenvalue weighted by Gasteiger charge is -2.14. The number of ether oxygens (including phenoxy) is 2. The second kappa shape index (κ2) is 6.25. The van der Waals surface area contributed by atoms with Gasteiger partial charge in [0, 0.05) is 11.6 Å². The van der Waals surface area contributed by atoms with Crippen molar-refractivity contribution in [2.45, 2.75) is 19.6 Å². The summed E-state index contributed by atoms with van der Waals surface area (Å²) in [7, 11) is 1.66. The fourth-order valence-electron chi connectivity index (χ4n) is 1.87. The van der Waals surface area contributed by atoms with E-state index in [-0.39, 0.29) is 6.04 Å². The summed E-state index contributed by atoms with van der Waals surface area (Å²) in [5, 5.41) is 0. The Labute approximate surface area is 114 Å². The third-order valence-electron chi connectivity index (χ3n) is 2.96. The Bertz CT molecular complexity index is 521. The van der Waals surface area contributed by atoms with Gasteiger partial charge in [0.25, 0.3) is 0 Å². The number of benzene rings is 2. The zero-order valence-electron chi connectivity index (χ0n) is 11.3. The average Bonchev–Trinajstić information content (AvgIpc) is 2.46. The molecule has 0 fully saturated rings. The average molecular weight is 257 g/mol. The van der Waals surface area contributed by atoms with Crippen LogP contribution in [-0.2, 0) is 6.61 Å². The maximum Gasteiger partial charge on any atom is 0.124 e. The molecule has 0 radical (unpaired) electrons. The van der Waals surface area contributed by atoms with E-state index in [1.807, 2.05) is 55.5 Å². The van der Waals surface area contributed by atoms with Crippen molar-refractivity contribution in [2.75, 3.05) is 7.11 Å². The summed E-state index contributed by atoms with van der Waals surface area (Å²) >= 11 is 0. The molecule has 0 aliphatic rings. The molecule has 100 valence electrons. The van der Waals surface area contributed by atoms with Crippen molar-refractivity contribution in [1.29, 1.82) is 0 Å². The number of rotatable bonds is 5. The lowest BCUT2D eigenvalue weighted by Crippen LogP contribution is -2.07. The molecule has 2 N–H and O–H groups in total. The zero-order chi connectivity index (χ0) is 13.7. The van der Waals surface area contributed by atoms with Crippen molar-refractivity contribution in [3.05, 3.63) is 59.7 Å². The number of para-hydroxylation sites is 1. The molecule has 0 bridgehead atoms. The van der Waals surface area contributed by atoms with Crippen LogP contribution in [0.25, 0.3) is 0 Å². The largest absolute Gasteiger partial charge is 0.497 e. The fourth-order valence-corrected chi connectivity index (χ4v) is 1.87. The summed E-state index contributed by atoms with van der Waals surface area (Å²) in [6.45, 7) is 2.48. The van der Waals surface area contributed by atoms with Crippen molar-refractivity contribution in [2.24, 2.45) is 5.73 Å². The van der Waals surface area contributed by atoms with Gasteiger partial charge in [-0.1, -0.05) is 30.3 Å². The minimum absolute atomic E-state index is 0.0351. The Morgan fingerprint density at radius 1 is 1.05 bits per heavy atom. The van der Waals surface area contributed by atoms with Crippen molar-refractivity contribution >= 4 is 0 Å². The van der Waals surface area contributed by atoms with E-state index in [0.717, 1.165) is 22.6 Å². The smallest absolute Gasteiger partial charge is 0.124 e. The first-order valence-corrected chi connectivity index (χ1v) is 6.31. The second-order valence-electron chi connectivity index (χ2n) is 4.46. The van der Waals surface area contributed by atoms with E-state index < -0.39 is 0 Å². The van der Waals surface area contributed by atoms with Gasteiger partial charge >= 0.3 is 0 Å². The van der Waals surface area contributed by atoms with Crippen molar-refractivity contribution < 1.29 is 9.47 Å². The van der Waals surface area contributed by atoms with Gasteiger partial charge in [0.15, 0.2) is 0 Å². The highest BCUT2D eigenvalue weighted by Gasteiger charge is 2.07. The fraction of sp³-hybridized carbons (Fsp3) is 0.250. The summed E-state index contributed by atoms with van der Waals surface area (Å²) in [4.78, 5) is 0. The Balaban J connectivity index is 2.05. The molecule has 0 aliphatic carbocycles. The predicted molar refractivity (Wildman–Crippen MR) is 76.4 cm³/mol. The van der Waals surface area contributed by atoms with Gasteiger partial charge in [0.05, 0.1) is 7.11 Å². The number of hydrogen-bond acceptors (Lipinski definition) is 3. The summed E-state index contributed by atoms with van der Waals surface area (Å²) < 4.78 is 11.0. The molecule has 0 saturated heterocycles. The van der Waals surface area contributed by atoms with Crippen LogP contribution in [0.3, 0.4) is 0 Å². The Kier molecular flexibility index (Phi) is 4.42. The Hall–Kier alpha value is -2.00. The number of methoxy groups -OCH3 is 1. The highest BCUT2D eigenvalue weighted by Crippen LogP contribution is 2.24. The van der Waals surface area contributed by atoms with Crippen molar-refractivity contribution in [3.8, 4) is 11.5 Å². The van der Waals surface area contributed by atoms with Gasteiger partial charge < -0.3 is 15.2 Å². The third-order valence-corrected chi connectivity index (χ3v) is 2.96. The van der Waals surface area contributed by atoms with Crippen LogP contribution in [0.2, 0.25) is 0 Å². The molecule has 0 unspecified atom stereocenters. The molecule has 3 nitrogen and oxygen atoms in total. The third kappa shape index (κ3) is 3.48. The summed E-state index contributed by atoms with van der Waals surface area (Å²) in [5.74, 6) is 1.69. The van der Waals surface area contributed by atoms with Crippen LogP contribution < -0.4 is 15.2 Å². The minimum atomic E-state index is -0.0351. The summed E-state index contributed by atoms with van der Waals surface area (Å²) in [6.07, 6.45) is 0. The van der Waals surface area contributed by atoms with E-state index in [1.54, 1.807) is 7.11 Å². The topological polar surface area (TPSA) is 44.5 Å². The van der Waals surface area contributed by atoms with E-state index in [2.05, 4.69) is 0 Å². The van der Waals surface area contributed by atoms with Gasteiger partial charge in [0.2, 0.25) is 0 Å².